The van der Waals surface area contributed by atoms with Crippen molar-refractivity contribution in [3.63, 3.8) is 0 Å². The Morgan fingerprint density at radius 3 is 2.73 bits per heavy atom. The molecule has 0 radical (unpaired) electrons. The third kappa shape index (κ3) is 1.69. The van der Waals surface area contributed by atoms with Crippen LogP contribution in [0.5, 0.6) is 5.75 Å². The molecule has 15 heavy (non-hydrogen) atoms. The Labute approximate surface area is 85.8 Å². The van der Waals surface area contributed by atoms with E-state index in [9.17, 15) is 9.50 Å². The summed E-state index contributed by atoms with van der Waals surface area (Å²) >= 11 is 0. The molecule has 0 aliphatic carbocycles. The first kappa shape index (κ1) is 9.67. The molecule has 3 N–H and O–H groups in total. The smallest absolute Gasteiger partial charge is 0.158 e. The van der Waals surface area contributed by atoms with E-state index in [1.54, 1.807) is 18.2 Å². The van der Waals surface area contributed by atoms with Crippen molar-refractivity contribution in [2.45, 2.75) is 6.54 Å². The number of hydrogen-bond donors (Lipinski definition) is 2. The molecule has 5 heteroatoms. The van der Waals surface area contributed by atoms with Crippen LogP contribution in [0.1, 0.15) is 5.69 Å². The summed E-state index contributed by atoms with van der Waals surface area (Å²) in [5, 5.41) is 13.4. The maximum absolute atomic E-state index is 13.3. The van der Waals surface area contributed by atoms with E-state index in [0.29, 0.717) is 5.69 Å². The van der Waals surface area contributed by atoms with Crippen molar-refractivity contribution in [2.24, 2.45) is 5.73 Å². The van der Waals surface area contributed by atoms with Crippen molar-refractivity contribution >= 4 is 0 Å². The summed E-state index contributed by atoms with van der Waals surface area (Å²) in [5.41, 5.74) is 5.98. The Morgan fingerprint density at radius 1 is 1.40 bits per heavy atom. The third-order valence-electron chi connectivity index (χ3n) is 2.06. The highest BCUT2D eigenvalue weighted by Gasteiger charge is 2.09. The van der Waals surface area contributed by atoms with E-state index in [-0.39, 0.29) is 18.0 Å². The van der Waals surface area contributed by atoms with Crippen molar-refractivity contribution < 1.29 is 9.50 Å². The van der Waals surface area contributed by atoms with Gasteiger partial charge >= 0.3 is 0 Å². The summed E-state index contributed by atoms with van der Waals surface area (Å²) in [6, 6.07) is 6.18. The normalized spacial score (nSPS) is 10.5. The van der Waals surface area contributed by atoms with Crippen molar-refractivity contribution in [3.05, 3.63) is 42.0 Å². The van der Waals surface area contributed by atoms with E-state index < -0.39 is 5.82 Å². The van der Waals surface area contributed by atoms with E-state index >= 15 is 0 Å². The maximum Gasteiger partial charge on any atom is 0.158 e. The predicted molar refractivity (Wildman–Crippen MR) is 53.1 cm³/mol. The Morgan fingerprint density at radius 2 is 2.13 bits per heavy atom. The third-order valence-corrected chi connectivity index (χ3v) is 2.06. The molecule has 0 amide bonds. The lowest BCUT2D eigenvalue weighted by Crippen LogP contribution is -2.01. The molecule has 0 saturated heterocycles. The van der Waals surface area contributed by atoms with Gasteiger partial charge in [0.25, 0.3) is 0 Å². The Kier molecular flexibility index (Phi) is 2.39. The van der Waals surface area contributed by atoms with Gasteiger partial charge in [-0.25, -0.2) is 9.07 Å². The van der Waals surface area contributed by atoms with E-state index in [0.717, 1.165) is 0 Å². The van der Waals surface area contributed by atoms with Gasteiger partial charge in [-0.1, -0.05) is 12.1 Å². The van der Waals surface area contributed by atoms with Crippen LogP contribution in [-0.2, 0) is 6.54 Å². The van der Waals surface area contributed by atoms with Gasteiger partial charge in [-0.15, -0.1) is 0 Å². The van der Waals surface area contributed by atoms with Gasteiger partial charge in [0.05, 0.1) is 6.20 Å². The van der Waals surface area contributed by atoms with Gasteiger partial charge in [-0.05, 0) is 12.1 Å². The molecule has 0 aliphatic heterocycles. The second-order valence-electron chi connectivity index (χ2n) is 3.06. The standard InChI is InChI=1S/C10H10FN3O/c11-7-3-1-2-4-9(7)14-6-10(15)8(5-12)13-14/h1-4,6,15H,5,12H2. The van der Waals surface area contributed by atoms with Crippen LogP contribution < -0.4 is 5.73 Å². The number of benzene rings is 1. The number of halogens is 1. The zero-order chi connectivity index (χ0) is 10.8. The van der Waals surface area contributed by atoms with Crippen LogP contribution in [0.25, 0.3) is 5.69 Å². The van der Waals surface area contributed by atoms with Crippen molar-refractivity contribution in [2.75, 3.05) is 0 Å². The van der Waals surface area contributed by atoms with Gasteiger partial charge in [-0.2, -0.15) is 5.10 Å². The second-order valence-corrected chi connectivity index (χ2v) is 3.06. The highest BCUT2D eigenvalue weighted by Crippen LogP contribution is 2.19. The Balaban J connectivity index is 2.50. The number of aromatic hydroxyl groups is 1. The van der Waals surface area contributed by atoms with Crippen molar-refractivity contribution in [1.29, 1.82) is 0 Å². The highest BCUT2D eigenvalue weighted by atomic mass is 19.1. The molecule has 0 unspecified atom stereocenters. The van der Waals surface area contributed by atoms with Gasteiger partial charge in [0.1, 0.15) is 17.2 Å². The van der Waals surface area contributed by atoms with E-state index in [4.69, 9.17) is 5.73 Å². The quantitative estimate of drug-likeness (QED) is 0.777. The summed E-state index contributed by atoms with van der Waals surface area (Å²) in [6.45, 7) is 0.118. The first-order chi connectivity index (χ1) is 7.22. The zero-order valence-electron chi connectivity index (χ0n) is 7.89. The summed E-state index contributed by atoms with van der Waals surface area (Å²) in [4.78, 5) is 0. The molecule has 2 rings (SSSR count). The molecule has 4 nitrogen and oxygen atoms in total. The van der Waals surface area contributed by atoms with Crippen LogP contribution in [0.2, 0.25) is 0 Å². The van der Waals surface area contributed by atoms with Crippen molar-refractivity contribution in [3.8, 4) is 11.4 Å². The summed E-state index contributed by atoms with van der Waals surface area (Å²) in [7, 11) is 0. The fraction of sp³-hybridized carbons (Fsp3) is 0.100. The SMILES string of the molecule is NCc1nn(-c2ccccc2F)cc1O. The minimum absolute atomic E-state index is 0.0271. The maximum atomic E-state index is 13.3. The minimum atomic E-state index is -0.399. The van der Waals surface area contributed by atoms with E-state index in [2.05, 4.69) is 5.10 Å². The molecule has 0 saturated carbocycles. The fourth-order valence-corrected chi connectivity index (χ4v) is 1.31. The second kappa shape index (κ2) is 3.70. The molecular formula is C10H10FN3O. The van der Waals surface area contributed by atoms with Crippen LogP contribution in [0, 0.1) is 5.82 Å². The first-order valence-corrected chi connectivity index (χ1v) is 4.45. The van der Waals surface area contributed by atoms with Crippen LogP contribution in [0.15, 0.2) is 30.5 Å². The van der Waals surface area contributed by atoms with E-state index in [1.807, 2.05) is 0 Å². The van der Waals surface area contributed by atoms with E-state index in [1.165, 1.54) is 16.9 Å². The predicted octanol–water partition coefficient (Wildman–Crippen LogP) is 1.18. The zero-order valence-corrected chi connectivity index (χ0v) is 7.89. The monoisotopic (exact) mass is 207 g/mol. The lowest BCUT2D eigenvalue weighted by atomic mass is 10.3. The van der Waals surface area contributed by atoms with Gasteiger partial charge in [0, 0.05) is 6.54 Å². The number of aromatic nitrogens is 2. The number of para-hydroxylation sites is 1. The number of nitrogens with zero attached hydrogens (tertiary/aromatic N) is 2. The average Bonchev–Trinajstić information content (AvgIpc) is 2.60. The molecule has 1 aromatic heterocycles. The Hall–Kier alpha value is -1.88. The molecule has 0 aliphatic rings. The van der Waals surface area contributed by atoms with Crippen LogP contribution in [0.4, 0.5) is 4.39 Å². The Bertz CT molecular complexity index is 481. The molecule has 0 spiro atoms. The molecule has 0 atom stereocenters. The molecule has 78 valence electrons. The number of nitrogens with two attached hydrogens (primary N) is 1. The fourth-order valence-electron chi connectivity index (χ4n) is 1.31. The molecule has 1 heterocycles. The van der Waals surface area contributed by atoms with Crippen LogP contribution in [0.3, 0.4) is 0 Å². The minimum Gasteiger partial charge on any atom is -0.504 e. The molecule has 0 fully saturated rings. The van der Waals surface area contributed by atoms with Crippen molar-refractivity contribution in [1.82, 2.24) is 9.78 Å². The largest absolute Gasteiger partial charge is 0.504 e. The first-order valence-electron chi connectivity index (χ1n) is 4.45. The van der Waals surface area contributed by atoms with Gasteiger partial charge in [0.2, 0.25) is 0 Å². The topological polar surface area (TPSA) is 64.1 Å². The molecule has 1 aromatic carbocycles. The molecule has 0 bridgehead atoms. The van der Waals surface area contributed by atoms with Gasteiger partial charge in [0.15, 0.2) is 5.75 Å². The summed E-state index contributed by atoms with van der Waals surface area (Å²) < 4.78 is 14.6. The highest BCUT2D eigenvalue weighted by molar-refractivity contribution is 5.35. The lowest BCUT2D eigenvalue weighted by molar-refractivity contribution is 0.468. The molecule has 2 aromatic rings. The van der Waals surface area contributed by atoms with Crippen LogP contribution in [-0.4, -0.2) is 14.9 Å². The lowest BCUT2D eigenvalue weighted by Gasteiger charge is -2.01. The number of rotatable bonds is 2. The molecular weight excluding hydrogens is 197 g/mol. The average molecular weight is 207 g/mol. The van der Waals surface area contributed by atoms with Gasteiger partial charge in [-0.3, -0.25) is 0 Å². The number of hydrogen-bond acceptors (Lipinski definition) is 3. The van der Waals surface area contributed by atoms with Gasteiger partial charge < -0.3 is 10.8 Å². The summed E-state index contributed by atoms with van der Waals surface area (Å²) in [5.74, 6) is -0.427. The summed E-state index contributed by atoms with van der Waals surface area (Å²) in [6.07, 6.45) is 1.33. The van der Waals surface area contributed by atoms with Crippen LogP contribution >= 0.6 is 0 Å².